The van der Waals surface area contributed by atoms with E-state index in [9.17, 15) is 19.5 Å². The molecule has 1 aliphatic heterocycles. The zero-order chi connectivity index (χ0) is 21.1. The van der Waals surface area contributed by atoms with Gasteiger partial charge in [0, 0.05) is 31.4 Å². The van der Waals surface area contributed by atoms with Gasteiger partial charge in [0.1, 0.15) is 0 Å². The van der Waals surface area contributed by atoms with Gasteiger partial charge in [-0.15, -0.1) is 0 Å². The number of nitrogens with zero attached hydrogens (tertiary/aromatic N) is 4. The summed E-state index contributed by atoms with van der Waals surface area (Å²) < 4.78 is 1.81. The molecule has 0 bridgehead atoms. The van der Waals surface area contributed by atoms with Crippen molar-refractivity contribution >= 4 is 17.8 Å². The van der Waals surface area contributed by atoms with E-state index in [0.717, 1.165) is 17.1 Å². The molecule has 1 atom stereocenters. The monoisotopic (exact) mass is 398 g/mol. The number of carbonyl (C=O) groups is 3. The summed E-state index contributed by atoms with van der Waals surface area (Å²) in [6.07, 6.45) is 1.24. The Labute approximate surface area is 169 Å². The molecule has 8 heteroatoms. The van der Waals surface area contributed by atoms with E-state index < -0.39 is 11.9 Å². The average Bonchev–Trinajstić information content (AvgIpc) is 3.05. The summed E-state index contributed by atoms with van der Waals surface area (Å²) in [6.45, 7) is 4.54. The number of aryl methyl sites for hydroxylation is 2. The highest BCUT2D eigenvalue weighted by molar-refractivity contribution is 5.96. The van der Waals surface area contributed by atoms with E-state index >= 15 is 0 Å². The summed E-state index contributed by atoms with van der Waals surface area (Å²) in [7, 11) is 1.58. The predicted molar refractivity (Wildman–Crippen MR) is 107 cm³/mol. The van der Waals surface area contributed by atoms with Crippen LogP contribution in [-0.4, -0.2) is 69.2 Å². The molecule has 0 spiro atoms. The maximum Gasteiger partial charge on any atom is 0.308 e. The molecule has 29 heavy (non-hydrogen) atoms. The molecule has 1 unspecified atom stereocenters. The van der Waals surface area contributed by atoms with Crippen molar-refractivity contribution in [1.29, 1.82) is 0 Å². The normalized spacial score (nSPS) is 16.5. The van der Waals surface area contributed by atoms with E-state index in [1.807, 2.05) is 36.7 Å². The number of piperidine rings is 1. The van der Waals surface area contributed by atoms with Crippen LogP contribution in [0, 0.1) is 19.8 Å². The Bertz CT molecular complexity index is 919. The second kappa shape index (κ2) is 8.46. The molecule has 2 aromatic rings. The maximum atomic E-state index is 12.7. The molecular formula is C21H26N4O4. The Morgan fingerprint density at radius 2 is 1.90 bits per heavy atom. The first kappa shape index (κ1) is 20.6. The Morgan fingerprint density at radius 3 is 2.48 bits per heavy atom. The molecule has 154 valence electrons. The molecule has 1 fully saturated rings. The van der Waals surface area contributed by atoms with Gasteiger partial charge in [0.25, 0.3) is 5.91 Å². The molecule has 2 heterocycles. The number of aromatic nitrogens is 2. The number of rotatable bonds is 5. The van der Waals surface area contributed by atoms with Crippen LogP contribution in [0.15, 0.2) is 30.3 Å². The fourth-order valence-electron chi connectivity index (χ4n) is 3.64. The van der Waals surface area contributed by atoms with Crippen LogP contribution in [-0.2, 0) is 9.59 Å². The standard InChI is InChI=1S/C21H26N4O4/c1-14-11-15(2)25(22-14)18-8-6-16(7-9-18)20(27)23(3)13-19(26)24-10-4-5-17(12-24)21(28)29/h6-9,11,17H,4-5,10,12-13H2,1-3H3,(H,28,29). The van der Waals surface area contributed by atoms with Crippen LogP contribution in [0.4, 0.5) is 0 Å². The zero-order valence-corrected chi connectivity index (χ0v) is 17.0. The van der Waals surface area contributed by atoms with Crippen molar-refractivity contribution in [3.05, 3.63) is 47.3 Å². The number of hydrogen-bond donors (Lipinski definition) is 1. The highest BCUT2D eigenvalue weighted by Gasteiger charge is 2.29. The van der Waals surface area contributed by atoms with Crippen molar-refractivity contribution in [3.8, 4) is 5.69 Å². The lowest BCUT2D eigenvalue weighted by atomic mass is 9.98. The number of amides is 2. The number of carboxylic acid groups (broad SMARTS) is 1. The molecule has 1 saturated heterocycles. The molecule has 2 amide bonds. The van der Waals surface area contributed by atoms with Gasteiger partial charge in [0.2, 0.25) is 5.91 Å². The van der Waals surface area contributed by atoms with Crippen LogP contribution >= 0.6 is 0 Å². The molecular weight excluding hydrogens is 372 g/mol. The van der Waals surface area contributed by atoms with Crippen LogP contribution in [0.1, 0.15) is 34.6 Å². The predicted octanol–water partition coefficient (Wildman–Crippen LogP) is 1.88. The van der Waals surface area contributed by atoms with E-state index in [4.69, 9.17) is 0 Å². The first-order chi connectivity index (χ1) is 13.8. The van der Waals surface area contributed by atoms with Crippen LogP contribution in [0.25, 0.3) is 5.69 Å². The van der Waals surface area contributed by atoms with Gasteiger partial charge in [-0.1, -0.05) is 0 Å². The number of carboxylic acids is 1. The summed E-state index contributed by atoms with van der Waals surface area (Å²) in [6, 6.07) is 9.07. The molecule has 1 aliphatic rings. The summed E-state index contributed by atoms with van der Waals surface area (Å²) >= 11 is 0. The second-order valence-electron chi connectivity index (χ2n) is 7.56. The average molecular weight is 398 g/mol. The van der Waals surface area contributed by atoms with Gasteiger partial charge < -0.3 is 14.9 Å². The van der Waals surface area contributed by atoms with Crippen molar-refractivity contribution in [2.75, 3.05) is 26.7 Å². The number of likely N-dealkylation sites (N-methyl/N-ethyl adjacent to an activating group) is 1. The van der Waals surface area contributed by atoms with Gasteiger partial charge in [-0.05, 0) is 57.0 Å². The number of hydrogen-bond acceptors (Lipinski definition) is 4. The van der Waals surface area contributed by atoms with Crippen molar-refractivity contribution < 1.29 is 19.5 Å². The van der Waals surface area contributed by atoms with Crippen LogP contribution in [0.2, 0.25) is 0 Å². The lowest BCUT2D eigenvalue weighted by Crippen LogP contribution is -2.46. The van der Waals surface area contributed by atoms with Crippen molar-refractivity contribution in [3.63, 3.8) is 0 Å². The van der Waals surface area contributed by atoms with Crippen LogP contribution in [0.5, 0.6) is 0 Å². The molecule has 1 N–H and O–H groups in total. The van der Waals surface area contributed by atoms with Crippen molar-refractivity contribution in [2.45, 2.75) is 26.7 Å². The third-order valence-corrected chi connectivity index (χ3v) is 5.21. The molecule has 1 aromatic carbocycles. The van der Waals surface area contributed by atoms with Crippen LogP contribution < -0.4 is 0 Å². The number of carbonyl (C=O) groups excluding carboxylic acids is 2. The molecule has 8 nitrogen and oxygen atoms in total. The van der Waals surface area contributed by atoms with Crippen molar-refractivity contribution in [1.82, 2.24) is 19.6 Å². The fraction of sp³-hybridized carbons (Fsp3) is 0.429. The van der Waals surface area contributed by atoms with E-state index in [1.165, 1.54) is 9.80 Å². The Morgan fingerprint density at radius 1 is 1.21 bits per heavy atom. The number of likely N-dealkylation sites (tertiary alicyclic amines) is 1. The Balaban J connectivity index is 1.63. The van der Waals surface area contributed by atoms with Gasteiger partial charge in [-0.25, -0.2) is 4.68 Å². The SMILES string of the molecule is Cc1cc(C)n(-c2ccc(C(=O)N(C)CC(=O)N3CCCC(C(=O)O)C3)cc2)n1. The minimum Gasteiger partial charge on any atom is -0.481 e. The lowest BCUT2D eigenvalue weighted by molar-refractivity contribution is -0.145. The highest BCUT2D eigenvalue weighted by Crippen LogP contribution is 2.17. The summed E-state index contributed by atoms with van der Waals surface area (Å²) in [5.74, 6) is -1.90. The molecule has 0 radical (unpaired) electrons. The van der Waals surface area contributed by atoms with Gasteiger partial charge >= 0.3 is 5.97 Å². The zero-order valence-electron chi connectivity index (χ0n) is 17.0. The van der Waals surface area contributed by atoms with E-state index in [-0.39, 0.29) is 24.9 Å². The number of benzene rings is 1. The Hall–Kier alpha value is -3.16. The molecule has 1 aromatic heterocycles. The van der Waals surface area contributed by atoms with E-state index in [2.05, 4.69) is 5.10 Å². The molecule has 0 aliphatic carbocycles. The number of aliphatic carboxylic acids is 1. The largest absolute Gasteiger partial charge is 0.481 e. The van der Waals surface area contributed by atoms with E-state index in [0.29, 0.717) is 24.9 Å². The van der Waals surface area contributed by atoms with Gasteiger partial charge in [0.05, 0.1) is 23.8 Å². The van der Waals surface area contributed by atoms with Gasteiger partial charge in [-0.3, -0.25) is 14.4 Å². The summed E-state index contributed by atoms with van der Waals surface area (Å²) in [5, 5.41) is 13.6. The lowest BCUT2D eigenvalue weighted by Gasteiger charge is -2.32. The minimum absolute atomic E-state index is 0.0790. The Kier molecular flexibility index (Phi) is 6.00. The van der Waals surface area contributed by atoms with Gasteiger partial charge in [0.15, 0.2) is 0 Å². The van der Waals surface area contributed by atoms with Crippen molar-refractivity contribution in [2.24, 2.45) is 5.92 Å². The smallest absolute Gasteiger partial charge is 0.308 e. The molecule has 3 rings (SSSR count). The third kappa shape index (κ3) is 4.64. The highest BCUT2D eigenvalue weighted by atomic mass is 16.4. The third-order valence-electron chi connectivity index (χ3n) is 5.21. The van der Waals surface area contributed by atoms with Crippen LogP contribution in [0.3, 0.4) is 0 Å². The van der Waals surface area contributed by atoms with Gasteiger partial charge in [-0.2, -0.15) is 5.10 Å². The fourth-order valence-corrected chi connectivity index (χ4v) is 3.64. The minimum atomic E-state index is -0.880. The topological polar surface area (TPSA) is 95.7 Å². The molecule has 0 saturated carbocycles. The van der Waals surface area contributed by atoms with E-state index in [1.54, 1.807) is 19.2 Å². The first-order valence-corrected chi connectivity index (χ1v) is 9.66. The second-order valence-corrected chi connectivity index (χ2v) is 7.56. The summed E-state index contributed by atoms with van der Waals surface area (Å²) in [4.78, 5) is 39.3. The quantitative estimate of drug-likeness (QED) is 0.830. The summed E-state index contributed by atoms with van der Waals surface area (Å²) in [5.41, 5.74) is 3.26. The first-order valence-electron chi connectivity index (χ1n) is 9.66. The maximum absolute atomic E-state index is 12.7.